The predicted molar refractivity (Wildman–Crippen MR) is 85.1 cm³/mol. The van der Waals surface area contributed by atoms with E-state index in [1.54, 1.807) is 13.3 Å². The summed E-state index contributed by atoms with van der Waals surface area (Å²) >= 11 is 0. The molecule has 122 valence electrons. The SMILES string of the molecule is COc1ccc(COCC(=O)NC2CCc3nccn3C2)cc1. The van der Waals surface area contributed by atoms with E-state index in [0.29, 0.717) is 6.61 Å². The second-order valence-corrected chi connectivity index (χ2v) is 5.64. The van der Waals surface area contributed by atoms with E-state index < -0.39 is 0 Å². The number of nitrogens with one attached hydrogen (secondary N) is 1. The molecule has 2 heterocycles. The number of hydrogen-bond donors (Lipinski definition) is 1. The molecule has 0 saturated carbocycles. The van der Waals surface area contributed by atoms with Crippen molar-refractivity contribution in [2.24, 2.45) is 0 Å². The van der Waals surface area contributed by atoms with Gasteiger partial charge < -0.3 is 19.4 Å². The molecular weight excluding hydrogens is 294 g/mol. The fraction of sp³-hybridized carbons (Fsp3) is 0.412. The van der Waals surface area contributed by atoms with E-state index in [9.17, 15) is 4.79 Å². The Bertz CT molecular complexity index is 651. The lowest BCUT2D eigenvalue weighted by molar-refractivity contribution is -0.127. The average molecular weight is 315 g/mol. The molecule has 0 bridgehead atoms. The van der Waals surface area contributed by atoms with Crippen molar-refractivity contribution < 1.29 is 14.3 Å². The molecule has 0 fully saturated rings. The van der Waals surface area contributed by atoms with E-state index in [1.165, 1.54) is 0 Å². The van der Waals surface area contributed by atoms with Gasteiger partial charge in [-0.1, -0.05) is 12.1 Å². The lowest BCUT2D eigenvalue weighted by atomic mass is 10.1. The first-order valence-corrected chi connectivity index (χ1v) is 7.74. The van der Waals surface area contributed by atoms with Crippen molar-refractivity contribution in [3.05, 3.63) is 48.0 Å². The number of nitrogens with zero attached hydrogens (tertiary/aromatic N) is 2. The average Bonchev–Trinajstić information content (AvgIpc) is 3.03. The zero-order chi connectivity index (χ0) is 16.1. The Hall–Kier alpha value is -2.34. The largest absolute Gasteiger partial charge is 0.497 e. The van der Waals surface area contributed by atoms with Crippen molar-refractivity contribution in [1.29, 1.82) is 0 Å². The zero-order valence-corrected chi connectivity index (χ0v) is 13.2. The molecule has 0 spiro atoms. The summed E-state index contributed by atoms with van der Waals surface area (Å²) in [4.78, 5) is 16.3. The van der Waals surface area contributed by atoms with Crippen molar-refractivity contribution in [1.82, 2.24) is 14.9 Å². The Morgan fingerprint density at radius 3 is 3.00 bits per heavy atom. The number of aromatic nitrogens is 2. The molecule has 1 aromatic heterocycles. The monoisotopic (exact) mass is 315 g/mol. The van der Waals surface area contributed by atoms with Crippen LogP contribution in [0.3, 0.4) is 0 Å². The third-order valence-electron chi connectivity index (χ3n) is 3.96. The first-order valence-electron chi connectivity index (χ1n) is 7.74. The molecule has 0 radical (unpaired) electrons. The summed E-state index contributed by atoms with van der Waals surface area (Å²) in [5.74, 6) is 1.82. The number of hydrogen-bond acceptors (Lipinski definition) is 4. The number of carbonyl (C=O) groups excluding carboxylic acids is 1. The minimum atomic E-state index is -0.0768. The number of ether oxygens (including phenoxy) is 2. The maximum atomic E-state index is 12.0. The molecule has 23 heavy (non-hydrogen) atoms. The number of methoxy groups -OCH3 is 1. The number of imidazole rings is 1. The van der Waals surface area contributed by atoms with Crippen molar-refractivity contribution in [2.75, 3.05) is 13.7 Å². The molecule has 3 rings (SSSR count). The molecule has 6 nitrogen and oxygen atoms in total. The third-order valence-corrected chi connectivity index (χ3v) is 3.96. The van der Waals surface area contributed by atoms with Gasteiger partial charge in [-0.15, -0.1) is 0 Å². The van der Waals surface area contributed by atoms with Crippen molar-refractivity contribution in [3.63, 3.8) is 0 Å². The fourth-order valence-corrected chi connectivity index (χ4v) is 2.74. The summed E-state index contributed by atoms with van der Waals surface area (Å²) in [6, 6.07) is 7.76. The first-order chi connectivity index (χ1) is 11.2. The molecule has 0 saturated heterocycles. The fourth-order valence-electron chi connectivity index (χ4n) is 2.74. The Morgan fingerprint density at radius 1 is 1.39 bits per heavy atom. The minimum Gasteiger partial charge on any atom is -0.497 e. The van der Waals surface area contributed by atoms with Crippen LogP contribution in [0.25, 0.3) is 0 Å². The van der Waals surface area contributed by atoms with Gasteiger partial charge in [0.25, 0.3) is 0 Å². The maximum Gasteiger partial charge on any atom is 0.246 e. The van der Waals surface area contributed by atoms with Gasteiger partial charge in [0.05, 0.1) is 13.7 Å². The molecule has 1 aliphatic heterocycles. The molecule has 6 heteroatoms. The number of benzene rings is 1. The number of carbonyl (C=O) groups is 1. The third kappa shape index (κ3) is 4.10. The summed E-state index contributed by atoms with van der Waals surface area (Å²) in [5.41, 5.74) is 1.01. The number of fused-ring (bicyclic) bond motifs is 1. The molecule has 1 aromatic carbocycles. The Morgan fingerprint density at radius 2 is 2.22 bits per heavy atom. The molecule has 1 unspecified atom stereocenters. The number of aryl methyl sites for hydroxylation is 1. The molecule has 1 N–H and O–H groups in total. The molecule has 1 amide bonds. The van der Waals surface area contributed by atoms with Gasteiger partial charge in [0, 0.05) is 31.4 Å². The second kappa shape index (κ2) is 7.28. The molecular formula is C17H21N3O3. The van der Waals surface area contributed by atoms with Crippen molar-refractivity contribution >= 4 is 5.91 Å². The smallest absolute Gasteiger partial charge is 0.246 e. The van der Waals surface area contributed by atoms with Crippen molar-refractivity contribution in [3.8, 4) is 5.75 Å². The van der Waals surface area contributed by atoms with Gasteiger partial charge in [-0.25, -0.2) is 4.98 Å². The van der Waals surface area contributed by atoms with E-state index in [1.807, 2.05) is 30.5 Å². The standard InChI is InChI=1S/C17H21N3O3/c1-22-15-5-2-13(3-6-15)11-23-12-17(21)19-14-4-7-16-18-8-9-20(16)10-14/h2-3,5-6,8-9,14H,4,7,10-12H2,1H3,(H,19,21). The highest BCUT2D eigenvalue weighted by molar-refractivity contribution is 5.77. The Kier molecular flexibility index (Phi) is 4.92. The Labute approximate surface area is 135 Å². The predicted octanol–water partition coefficient (Wildman–Crippen LogP) is 1.54. The van der Waals surface area contributed by atoms with Crippen LogP contribution in [-0.2, 0) is 29.1 Å². The van der Waals surface area contributed by atoms with Crippen LogP contribution in [0.15, 0.2) is 36.7 Å². The minimum absolute atomic E-state index is 0.0688. The summed E-state index contributed by atoms with van der Waals surface area (Å²) < 4.78 is 12.7. The van der Waals surface area contributed by atoms with Gasteiger partial charge in [0.2, 0.25) is 5.91 Å². The van der Waals surface area contributed by atoms with Crippen molar-refractivity contribution in [2.45, 2.75) is 32.0 Å². The van der Waals surface area contributed by atoms with Crippen LogP contribution in [0, 0.1) is 0 Å². The van der Waals surface area contributed by atoms with E-state index in [2.05, 4.69) is 14.9 Å². The topological polar surface area (TPSA) is 65.4 Å². The summed E-state index contributed by atoms with van der Waals surface area (Å²) in [7, 11) is 1.63. The van der Waals surface area contributed by atoms with E-state index in [-0.39, 0.29) is 18.6 Å². The molecule has 2 aromatic rings. The summed E-state index contributed by atoms with van der Waals surface area (Å²) in [5, 5.41) is 3.02. The highest BCUT2D eigenvalue weighted by Gasteiger charge is 2.20. The van der Waals surface area contributed by atoms with Gasteiger partial charge in [-0.2, -0.15) is 0 Å². The summed E-state index contributed by atoms with van der Waals surface area (Å²) in [6.45, 7) is 1.26. The second-order valence-electron chi connectivity index (χ2n) is 5.64. The summed E-state index contributed by atoms with van der Waals surface area (Å²) in [6.07, 6.45) is 5.57. The van der Waals surface area contributed by atoms with E-state index >= 15 is 0 Å². The van der Waals surface area contributed by atoms with Gasteiger partial charge in [0.1, 0.15) is 18.2 Å². The normalized spacial score (nSPS) is 16.7. The van der Waals surface area contributed by atoms with Gasteiger partial charge in [-0.3, -0.25) is 4.79 Å². The zero-order valence-electron chi connectivity index (χ0n) is 13.2. The Balaban J connectivity index is 1.40. The lowest BCUT2D eigenvalue weighted by Crippen LogP contribution is -2.42. The molecule has 1 atom stereocenters. The quantitative estimate of drug-likeness (QED) is 0.878. The van der Waals surface area contributed by atoms with Gasteiger partial charge in [0.15, 0.2) is 0 Å². The van der Waals surface area contributed by atoms with Crippen LogP contribution in [-0.4, -0.2) is 35.2 Å². The van der Waals surface area contributed by atoms with E-state index in [4.69, 9.17) is 9.47 Å². The number of amides is 1. The van der Waals surface area contributed by atoms with Gasteiger partial charge >= 0.3 is 0 Å². The first kappa shape index (κ1) is 15.6. The molecule has 1 aliphatic rings. The highest BCUT2D eigenvalue weighted by atomic mass is 16.5. The van der Waals surface area contributed by atoms with Crippen LogP contribution < -0.4 is 10.1 Å². The van der Waals surface area contributed by atoms with Crippen LogP contribution >= 0.6 is 0 Å². The number of rotatable bonds is 6. The van der Waals surface area contributed by atoms with Crippen LogP contribution in [0.4, 0.5) is 0 Å². The van der Waals surface area contributed by atoms with Crippen LogP contribution in [0.5, 0.6) is 5.75 Å². The van der Waals surface area contributed by atoms with Crippen LogP contribution in [0.1, 0.15) is 17.8 Å². The van der Waals surface area contributed by atoms with E-state index in [0.717, 1.165) is 36.5 Å². The maximum absolute atomic E-state index is 12.0. The highest BCUT2D eigenvalue weighted by Crippen LogP contribution is 2.13. The van der Waals surface area contributed by atoms with Gasteiger partial charge in [-0.05, 0) is 24.1 Å². The molecule has 0 aliphatic carbocycles. The lowest BCUT2D eigenvalue weighted by Gasteiger charge is -2.24. The van der Waals surface area contributed by atoms with Crippen LogP contribution in [0.2, 0.25) is 0 Å².